The number of nitrogens with zero attached hydrogens (tertiary/aromatic N) is 1. The number of amides is 2. The van der Waals surface area contributed by atoms with E-state index in [1.165, 1.54) is 6.42 Å². The van der Waals surface area contributed by atoms with Crippen molar-refractivity contribution in [2.24, 2.45) is 5.92 Å². The number of aromatic amines is 1. The molecule has 0 bridgehead atoms. The van der Waals surface area contributed by atoms with E-state index < -0.39 is 11.6 Å². The zero-order valence-corrected chi connectivity index (χ0v) is 24.5. The molecule has 0 spiro atoms. The first-order valence-electron chi connectivity index (χ1n) is 14.0. The number of carbonyl (C=O) groups is 2. The Morgan fingerprint density at radius 1 is 1.05 bits per heavy atom. The van der Waals surface area contributed by atoms with Crippen LogP contribution in [0.3, 0.4) is 0 Å². The van der Waals surface area contributed by atoms with Crippen LogP contribution in [0.5, 0.6) is 0 Å². The van der Waals surface area contributed by atoms with Crippen LogP contribution in [-0.2, 0) is 22.6 Å². The molecular formula is C32H34Cl2N4O3. The van der Waals surface area contributed by atoms with Gasteiger partial charge >= 0.3 is 6.09 Å². The number of halogens is 2. The highest BCUT2D eigenvalue weighted by atomic mass is 35.5. The predicted octanol–water partition coefficient (Wildman–Crippen LogP) is 7.54. The fraction of sp³-hybridized carbons (Fsp3) is 0.344. The average molecular weight is 594 g/mol. The number of hydrogen-bond donors (Lipinski definition) is 3. The molecule has 2 heterocycles. The molecule has 1 unspecified atom stereocenters. The monoisotopic (exact) mass is 592 g/mol. The summed E-state index contributed by atoms with van der Waals surface area (Å²) in [6.07, 6.45) is 8.65. The van der Waals surface area contributed by atoms with E-state index in [-0.39, 0.29) is 30.9 Å². The van der Waals surface area contributed by atoms with Gasteiger partial charge in [0.05, 0.1) is 21.8 Å². The van der Waals surface area contributed by atoms with Crippen LogP contribution in [0.1, 0.15) is 61.9 Å². The van der Waals surface area contributed by atoms with E-state index in [1.54, 1.807) is 31.3 Å². The van der Waals surface area contributed by atoms with E-state index in [0.717, 1.165) is 47.8 Å². The Morgan fingerprint density at radius 3 is 2.59 bits per heavy atom. The number of benzene rings is 2. The molecule has 2 aromatic heterocycles. The lowest BCUT2D eigenvalue weighted by Gasteiger charge is -2.35. The Labute approximate surface area is 250 Å². The molecule has 1 saturated carbocycles. The molecule has 214 valence electrons. The minimum absolute atomic E-state index is 0.0217. The second kappa shape index (κ2) is 13.0. The molecule has 2 atom stereocenters. The predicted molar refractivity (Wildman–Crippen MR) is 162 cm³/mol. The number of alkyl carbamates (subject to hydrolysis) is 1. The first-order valence-corrected chi connectivity index (χ1v) is 14.7. The Hall–Kier alpha value is -3.55. The van der Waals surface area contributed by atoms with Gasteiger partial charge in [-0.1, -0.05) is 72.8 Å². The smallest absolute Gasteiger partial charge is 0.408 e. The van der Waals surface area contributed by atoms with Crippen molar-refractivity contribution in [1.82, 2.24) is 20.6 Å². The van der Waals surface area contributed by atoms with E-state index in [2.05, 4.69) is 20.6 Å². The fourth-order valence-electron chi connectivity index (χ4n) is 5.64. The average Bonchev–Trinajstić information content (AvgIpc) is 3.39. The van der Waals surface area contributed by atoms with Crippen molar-refractivity contribution in [3.8, 4) is 0 Å². The maximum atomic E-state index is 14.2. The molecule has 3 N–H and O–H groups in total. The van der Waals surface area contributed by atoms with E-state index in [9.17, 15) is 9.59 Å². The van der Waals surface area contributed by atoms with Crippen LogP contribution < -0.4 is 10.6 Å². The summed E-state index contributed by atoms with van der Waals surface area (Å²) in [6, 6.07) is 18.4. The van der Waals surface area contributed by atoms with Crippen LogP contribution in [0.25, 0.3) is 10.9 Å². The number of para-hydroxylation sites is 1. The minimum atomic E-state index is -1.32. The summed E-state index contributed by atoms with van der Waals surface area (Å²) < 4.78 is 5.53. The molecule has 0 radical (unpaired) electrons. The zero-order valence-electron chi connectivity index (χ0n) is 23.0. The summed E-state index contributed by atoms with van der Waals surface area (Å²) in [5, 5.41) is 7.95. The topological polar surface area (TPSA) is 96.1 Å². The molecule has 4 aromatic rings. The molecular weight excluding hydrogens is 559 g/mol. The first-order chi connectivity index (χ1) is 19.8. The molecule has 1 fully saturated rings. The minimum Gasteiger partial charge on any atom is -0.445 e. The number of pyridine rings is 1. The number of rotatable bonds is 9. The maximum Gasteiger partial charge on any atom is 0.408 e. The van der Waals surface area contributed by atoms with Crippen LogP contribution in [0.15, 0.2) is 73.1 Å². The largest absolute Gasteiger partial charge is 0.445 e. The number of fused-ring (bicyclic) bond motifs is 1. The quantitative estimate of drug-likeness (QED) is 0.187. The van der Waals surface area contributed by atoms with Crippen molar-refractivity contribution in [3.05, 3.63) is 99.9 Å². The molecule has 2 amide bonds. The van der Waals surface area contributed by atoms with Crippen LogP contribution in [0.2, 0.25) is 10.0 Å². The Kier molecular flexibility index (Phi) is 9.15. The van der Waals surface area contributed by atoms with Crippen molar-refractivity contribution in [2.45, 2.75) is 63.6 Å². The number of nitrogens with one attached hydrogen (secondary N) is 3. The van der Waals surface area contributed by atoms with Gasteiger partial charge in [-0.3, -0.25) is 9.78 Å². The van der Waals surface area contributed by atoms with Gasteiger partial charge in [0.25, 0.3) is 0 Å². The highest BCUT2D eigenvalue weighted by Gasteiger charge is 2.39. The van der Waals surface area contributed by atoms with Gasteiger partial charge in [0.2, 0.25) is 5.91 Å². The van der Waals surface area contributed by atoms with Crippen LogP contribution in [0, 0.1) is 5.92 Å². The Morgan fingerprint density at radius 2 is 1.83 bits per heavy atom. The van der Waals surface area contributed by atoms with Crippen molar-refractivity contribution in [1.29, 1.82) is 0 Å². The van der Waals surface area contributed by atoms with Gasteiger partial charge < -0.3 is 20.4 Å². The summed E-state index contributed by atoms with van der Waals surface area (Å²) in [4.78, 5) is 35.2. The van der Waals surface area contributed by atoms with Gasteiger partial charge in [-0.05, 0) is 67.1 Å². The first kappa shape index (κ1) is 29.0. The van der Waals surface area contributed by atoms with Crippen LogP contribution in [0.4, 0.5) is 4.79 Å². The number of carbonyl (C=O) groups excluding carboxylic acids is 2. The van der Waals surface area contributed by atoms with E-state index in [4.69, 9.17) is 27.9 Å². The molecule has 9 heteroatoms. The van der Waals surface area contributed by atoms with Gasteiger partial charge in [-0.15, -0.1) is 0 Å². The van der Waals surface area contributed by atoms with E-state index >= 15 is 0 Å². The lowest BCUT2D eigenvalue weighted by atomic mass is 9.81. The molecule has 1 aliphatic carbocycles. The molecule has 2 aromatic carbocycles. The number of ether oxygens (including phenoxy) is 1. The van der Waals surface area contributed by atoms with Crippen molar-refractivity contribution in [3.63, 3.8) is 0 Å². The fourth-order valence-corrected chi connectivity index (χ4v) is 5.96. The van der Waals surface area contributed by atoms with Crippen LogP contribution >= 0.6 is 23.2 Å². The molecule has 1 aliphatic rings. The highest BCUT2D eigenvalue weighted by molar-refractivity contribution is 6.42. The third kappa shape index (κ3) is 7.03. The molecule has 7 nitrogen and oxygen atoms in total. The van der Waals surface area contributed by atoms with Gasteiger partial charge in [0.1, 0.15) is 12.1 Å². The third-order valence-electron chi connectivity index (χ3n) is 7.87. The summed E-state index contributed by atoms with van der Waals surface area (Å²) in [5.41, 5.74) is 2.06. The van der Waals surface area contributed by atoms with Gasteiger partial charge in [-0.2, -0.15) is 0 Å². The van der Waals surface area contributed by atoms with Crippen LogP contribution in [-0.4, -0.2) is 27.5 Å². The summed E-state index contributed by atoms with van der Waals surface area (Å²) in [7, 11) is 0. The third-order valence-corrected chi connectivity index (χ3v) is 8.61. The van der Waals surface area contributed by atoms with Crippen molar-refractivity contribution >= 4 is 46.1 Å². The maximum absolute atomic E-state index is 14.2. The summed E-state index contributed by atoms with van der Waals surface area (Å²) in [6.45, 7) is 1.72. The lowest BCUT2D eigenvalue weighted by Crippen LogP contribution is -2.59. The summed E-state index contributed by atoms with van der Waals surface area (Å²) in [5.74, 6) is -0.0305. The molecule has 5 rings (SSSR count). The number of hydrogen-bond acceptors (Lipinski definition) is 4. The standard InChI is InChI=1S/C32H34Cl2N4O3/c1-32(18-23-19-36-27-12-6-5-11-24(23)27,38-31(40)41-20-21-14-15-25(33)26(34)17-21)30(39)37-29(22-9-3-2-4-10-22)28-13-7-8-16-35-28/h5-8,11-17,19,22,29,36H,2-4,9-10,18,20H2,1H3,(H,37,39)(H,38,40)/t29?,32-/m0/s1. The second-order valence-electron chi connectivity index (χ2n) is 10.9. The second-order valence-corrected chi connectivity index (χ2v) is 11.7. The van der Waals surface area contributed by atoms with E-state index in [1.807, 2.05) is 48.7 Å². The highest BCUT2D eigenvalue weighted by Crippen LogP contribution is 2.34. The van der Waals surface area contributed by atoms with Gasteiger partial charge in [0.15, 0.2) is 0 Å². The number of H-pyrrole nitrogens is 1. The van der Waals surface area contributed by atoms with Gasteiger partial charge in [0, 0.05) is 29.7 Å². The normalized spacial score (nSPS) is 16.1. The molecule has 0 aliphatic heterocycles. The van der Waals surface area contributed by atoms with Crippen molar-refractivity contribution in [2.75, 3.05) is 0 Å². The molecule has 0 saturated heterocycles. The number of aromatic nitrogens is 2. The van der Waals surface area contributed by atoms with E-state index in [0.29, 0.717) is 15.6 Å². The van der Waals surface area contributed by atoms with Gasteiger partial charge in [-0.25, -0.2) is 4.79 Å². The summed E-state index contributed by atoms with van der Waals surface area (Å²) >= 11 is 12.1. The van der Waals surface area contributed by atoms with Crippen molar-refractivity contribution < 1.29 is 14.3 Å². The Bertz CT molecular complexity index is 1500. The molecule has 41 heavy (non-hydrogen) atoms. The zero-order chi connectivity index (χ0) is 28.8. The lowest BCUT2D eigenvalue weighted by molar-refractivity contribution is -0.128. The Balaban J connectivity index is 1.40. The SMILES string of the molecule is C[C@@](Cc1c[nH]c2ccccc12)(NC(=O)OCc1ccc(Cl)c(Cl)c1)C(=O)NC(c1ccccn1)C1CCCCC1.